The van der Waals surface area contributed by atoms with E-state index in [9.17, 15) is 14.7 Å². The fourth-order valence-corrected chi connectivity index (χ4v) is 4.22. The van der Waals surface area contributed by atoms with Crippen LogP contribution in [0.4, 0.5) is 5.69 Å². The molecule has 5 rings (SSSR count). The molecule has 1 amide bonds. The zero-order valence-corrected chi connectivity index (χ0v) is 18.2. The van der Waals surface area contributed by atoms with Crippen LogP contribution in [0.1, 0.15) is 17.4 Å². The number of furan rings is 1. The second-order valence-electron chi connectivity index (χ2n) is 7.36. The van der Waals surface area contributed by atoms with Gasteiger partial charge in [-0.15, -0.1) is 0 Å². The molecule has 0 bridgehead atoms. The zero-order chi connectivity index (χ0) is 23.1. The van der Waals surface area contributed by atoms with Gasteiger partial charge in [0.05, 0.1) is 24.0 Å². The Bertz CT molecular complexity index is 1280. The third-order valence-electron chi connectivity index (χ3n) is 5.49. The van der Waals surface area contributed by atoms with Gasteiger partial charge in [0.1, 0.15) is 36.5 Å². The number of halogens is 1. The number of hydrogen-bond acceptors (Lipinski definition) is 7. The first-order chi connectivity index (χ1) is 16.0. The Morgan fingerprint density at radius 3 is 2.58 bits per heavy atom. The average molecular weight is 468 g/mol. The average Bonchev–Trinajstić information content (AvgIpc) is 3.45. The molecule has 0 spiro atoms. The summed E-state index contributed by atoms with van der Waals surface area (Å²) in [7, 11) is 1.48. The number of nitrogens with zero attached hydrogens (tertiary/aromatic N) is 1. The lowest BCUT2D eigenvalue weighted by Gasteiger charge is -2.24. The number of hydrogen-bond donors (Lipinski definition) is 1. The lowest BCUT2D eigenvalue weighted by atomic mass is 9.99. The van der Waals surface area contributed by atoms with Gasteiger partial charge in [0, 0.05) is 11.3 Å². The molecule has 168 valence electrons. The predicted molar refractivity (Wildman–Crippen MR) is 119 cm³/mol. The molecule has 9 heteroatoms. The van der Waals surface area contributed by atoms with Crippen molar-refractivity contribution in [1.29, 1.82) is 0 Å². The molecule has 2 aliphatic rings. The van der Waals surface area contributed by atoms with Crippen LogP contribution >= 0.6 is 11.6 Å². The molecule has 1 unspecified atom stereocenters. The number of anilines is 1. The van der Waals surface area contributed by atoms with Crippen LogP contribution in [0.2, 0.25) is 5.02 Å². The summed E-state index contributed by atoms with van der Waals surface area (Å²) in [6, 6.07) is 11.8. The molecule has 1 saturated heterocycles. The Kier molecular flexibility index (Phi) is 5.22. The van der Waals surface area contributed by atoms with Crippen LogP contribution in [0.3, 0.4) is 0 Å². The lowest BCUT2D eigenvalue weighted by molar-refractivity contribution is -0.132. The highest BCUT2D eigenvalue weighted by atomic mass is 35.5. The quantitative estimate of drug-likeness (QED) is 0.346. The van der Waals surface area contributed by atoms with E-state index in [0.29, 0.717) is 47.5 Å². The van der Waals surface area contributed by atoms with E-state index in [0.717, 1.165) is 0 Å². The molecule has 1 fully saturated rings. The molecule has 0 aliphatic carbocycles. The molecule has 1 aromatic heterocycles. The van der Waals surface area contributed by atoms with Crippen molar-refractivity contribution in [3.05, 3.63) is 76.7 Å². The van der Waals surface area contributed by atoms with E-state index in [1.165, 1.54) is 24.3 Å². The van der Waals surface area contributed by atoms with Crippen LogP contribution in [-0.2, 0) is 9.59 Å². The van der Waals surface area contributed by atoms with Gasteiger partial charge in [-0.2, -0.15) is 0 Å². The number of Topliss-reactive ketones (excluding diaryl/α,β-unsaturated/α-hetero) is 1. The van der Waals surface area contributed by atoms with Crippen LogP contribution in [0, 0.1) is 0 Å². The number of fused-ring (bicyclic) bond motifs is 1. The number of aliphatic hydroxyl groups excluding tert-OH is 1. The number of carbonyl (C=O) groups excluding carboxylic acids is 2. The largest absolute Gasteiger partial charge is 0.507 e. The highest BCUT2D eigenvalue weighted by Gasteiger charge is 2.48. The van der Waals surface area contributed by atoms with Crippen LogP contribution in [-0.4, -0.2) is 37.1 Å². The minimum Gasteiger partial charge on any atom is -0.507 e. The fourth-order valence-electron chi connectivity index (χ4n) is 3.97. The van der Waals surface area contributed by atoms with Gasteiger partial charge in [0.15, 0.2) is 11.5 Å². The maximum Gasteiger partial charge on any atom is 0.300 e. The number of rotatable bonds is 4. The van der Waals surface area contributed by atoms with E-state index in [1.807, 2.05) is 0 Å². The molecule has 1 N–H and O–H groups in total. The van der Waals surface area contributed by atoms with Gasteiger partial charge in [-0.25, -0.2) is 0 Å². The number of aliphatic hydroxyl groups is 1. The molecule has 8 nitrogen and oxygen atoms in total. The predicted octanol–water partition coefficient (Wildman–Crippen LogP) is 4.34. The van der Waals surface area contributed by atoms with Gasteiger partial charge >= 0.3 is 0 Å². The minimum atomic E-state index is -1.00. The van der Waals surface area contributed by atoms with Gasteiger partial charge in [-0.1, -0.05) is 11.6 Å². The van der Waals surface area contributed by atoms with Crippen molar-refractivity contribution in [3.8, 4) is 17.2 Å². The van der Waals surface area contributed by atoms with Gasteiger partial charge in [0.2, 0.25) is 0 Å². The summed E-state index contributed by atoms with van der Waals surface area (Å²) < 4.78 is 21.8. The van der Waals surface area contributed by atoms with E-state index in [2.05, 4.69) is 0 Å². The number of methoxy groups -OCH3 is 1. The summed E-state index contributed by atoms with van der Waals surface area (Å²) in [6.07, 6.45) is 1.43. The van der Waals surface area contributed by atoms with Crippen molar-refractivity contribution in [2.75, 3.05) is 25.2 Å². The molecular formula is C24H18ClNO7. The lowest BCUT2D eigenvalue weighted by Crippen LogP contribution is -2.29. The Labute approximate surface area is 193 Å². The summed E-state index contributed by atoms with van der Waals surface area (Å²) in [5.41, 5.74) is 0.547. The topological polar surface area (TPSA) is 98.4 Å². The maximum absolute atomic E-state index is 13.1. The first-order valence-electron chi connectivity index (χ1n) is 10.1. The first-order valence-corrected chi connectivity index (χ1v) is 10.5. The van der Waals surface area contributed by atoms with Crippen LogP contribution in [0.15, 0.2) is 64.8 Å². The van der Waals surface area contributed by atoms with E-state index in [-0.39, 0.29) is 16.4 Å². The molecule has 2 aliphatic heterocycles. The third-order valence-corrected chi connectivity index (χ3v) is 5.78. The second-order valence-corrected chi connectivity index (χ2v) is 7.77. The Morgan fingerprint density at radius 2 is 1.88 bits per heavy atom. The fraction of sp³-hybridized carbons (Fsp3) is 0.167. The van der Waals surface area contributed by atoms with Gasteiger partial charge < -0.3 is 23.7 Å². The first kappa shape index (κ1) is 21.0. The van der Waals surface area contributed by atoms with Gasteiger partial charge in [-0.05, 0) is 48.5 Å². The van der Waals surface area contributed by atoms with Crippen molar-refractivity contribution in [2.24, 2.45) is 0 Å². The normalized spacial score (nSPS) is 19.1. The van der Waals surface area contributed by atoms with Crippen molar-refractivity contribution >= 4 is 34.7 Å². The molecule has 2 aromatic carbocycles. The maximum atomic E-state index is 13.1. The smallest absolute Gasteiger partial charge is 0.300 e. The number of benzene rings is 2. The van der Waals surface area contributed by atoms with Crippen molar-refractivity contribution in [1.82, 2.24) is 0 Å². The minimum absolute atomic E-state index is 0.112. The number of carbonyl (C=O) groups is 2. The van der Waals surface area contributed by atoms with Crippen LogP contribution in [0.5, 0.6) is 17.2 Å². The Hall–Kier alpha value is -3.91. The van der Waals surface area contributed by atoms with Crippen molar-refractivity contribution in [2.45, 2.75) is 6.04 Å². The molecule has 0 saturated carbocycles. The second kappa shape index (κ2) is 8.22. The van der Waals surface area contributed by atoms with Crippen LogP contribution in [0.25, 0.3) is 5.76 Å². The van der Waals surface area contributed by atoms with Crippen molar-refractivity contribution < 1.29 is 33.3 Å². The van der Waals surface area contributed by atoms with Gasteiger partial charge in [0.25, 0.3) is 11.7 Å². The summed E-state index contributed by atoms with van der Waals surface area (Å²) in [6.45, 7) is 0.790. The van der Waals surface area contributed by atoms with Gasteiger partial charge in [-0.3, -0.25) is 14.5 Å². The summed E-state index contributed by atoms with van der Waals surface area (Å²) in [5, 5.41) is 11.4. The van der Waals surface area contributed by atoms with Crippen LogP contribution < -0.4 is 19.1 Å². The van der Waals surface area contributed by atoms with E-state index in [4.69, 9.17) is 30.2 Å². The highest BCUT2D eigenvalue weighted by Crippen LogP contribution is 2.44. The molecule has 1 atom stereocenters. The third kappa shape index (κ3) is 3.48. The SMILES string of the molecule is COc1ccc(N2C(=O)C(=O)/C(=C(\O)c3ccc4c(c3)OCCO4)C2c2ccco2)cc1Cl. The molecule has 33 heavy (non-hydrogen) atoms. The Balaban J connectivity index is 1.66. The Morgan fingerprint density at radius 1 is 1.09 bits per heavy atom. The highest BCUT2D eigenvalue weighted by molar-refractivity contribution is 6.51. The molecule has 3 heterocycles. The number of amides is 1. The molecule has 3 aromatic rings. The zero-order valence-electron chi connectivity index (χ0n) is 17.4. The summed E-state index contributed by atoms with van der Waals surface area (Å²) >= 11 is 6.27. The number of ether oxygens (including phenoxy) is 3. The summed E-state index contributed by atoms with van der Waals surface area (Å²) in [4.78, 5) is 27.5. The van der Waals surface area contributed by atoms with E-state index in [1.54, 1.807) is 42.5 Å². The molecular weight excluding hydrogens is 450 g/mol. The standard InChI is InChI=1S/C24H18ClNO7/c1-30-16-7-5-14(12-15(16)25)26-21(18-3-2-8-31-18)20(23(28)24(26)29)22(27)13-4-6-17-19(11-13)33-10-9-32-17/h2-8,11-12,21,27H,9-10H2,1H3/b22-20-. The summed E-state index contributed by atoms with van der Waals surface area (Å²) in [5.74, 6) is -0.325. The molecule has 0 radical (unpaired) electrons. The van der Waals surface area contributed by atoms with Crippen molar-refractivity contribution in [3.63, 3.8) is 0 Å². The number of ketones is 1. The van der Waals surface area contributed by atoms with E-state index >= 15 is 0 Å². The monoisotopic (exact) mass is 467 g/mol. The van der Waals surface area contributed by atoms with E-state index < -0.39 is 17.7 Å².